The molecule has 0 saturated heterocycles. The van der Waals surface area contributed by atoms with Gasteiger partial charge in [-0.1, -0.05) is 13.8 Å². The lowest BCUT2D eigenvalue weighted by Crippen LogP contribution is -2.34. The van der Waals surface area contributed by atoms with Crippen LogP contribution in [0.2, 0.25) is 0 Å². The topological polar surface area (TPSA) is 66.8 Å². The van der Waals surface area contributed by atoms with Crippen LogP contribution in [0, 0.1) is 5.92 Å². The van der Waals surface area contributed by atoms with E-state index in [2.05, 4.69) is 0 Å². The SMILES string of the molecule is CCOC(=O)C1=C(O)C2=CC(F)C(=O)CC2=CN1CC(C)C. The van der Waals surface area contributed by atoms with Crippen LogP contribution in [0.15, 0.2) is 34.9 Å². The first kappa shape index (κ1) is 16.3. The van der Waals surface area contributed by atoms with Crippen LogP contribution in [-0.4, -0.2) is 41.1 Å². The third-order valence-electron chi connectivity index (χ3n) is 3.44. The summed E-state index contributed by atoms with van der Waals surface area (Å²) in [5.41, 5.74) is 0.715. The quantitative estimate of drug-likeness (QED) is 0.808. The van der Waals surface area contributed by atoms with Gasteiger partial charge < -0.3 is 14.7 Å². The molecule has 0 bridgehead atoms. The Morgan fingerprint density at radius 3 is 2.82 bits per heavy atom. The summed E-state index contributed by atoms with van der Waals surface area (Å²) in [6, 6.07) is 0. The highest BCUT2D eigenvalue weighted by molar-refractivity contribution is 5.94. The third kappa shape index (κ3) is 3.05. The number of aliphatic hydroxyl groups is 1. The van der Waals surface area contributed by atoms with E-state index in [0.29, 0.717) is 12.1 Å². The Kier molecular flexibility index (Phi) is 4.68. The molecule has 5 nitrogen and oxygen atoms in total. The second-order valence-electron chi connectivity index (χ2n) is 5.74. The van der Waals surface area contributed by atoms with Crippen molar-refractivity contribution in [2.75, 3.05) is 13.2 Å². The van der Waals surface area contributed by atoms with E-state index in [9.17, 15) is 19.1 Å². The van der Waals surface area contributed by atoms with Crippen molar-refractivity contribution < 1.29 is 23.8 Å². The van der Waals surface area contributed by atoms with E-state index in [1.54, 1.807) is 18.0 Å². The summed E-state index contributed by atoms with van der Waals surface area (Å²) in [5, 5.41) is 10.4. The first-order valence-corrected chi connectivity index (χ1v) is 7.32. The van der Waals surface area contributed by atoms with Crippen LogP contribution in [0.1, 0.15) is 27.2 Å². The maximum Gasteiger partial charge on any atom is 0.358 e. The van der Waals surface area contributed by atoms with Gasteiger partial charge >= 0.3 is 5.97 Å². The van der Waals surface area contributed by atoms with Gasteiger partial charge in [0.05, 0.1) is 6.61 Å². The highest BCUT2D eigenvalue weighted by Gasteiger charge is 2.35. The number of carbonyl (C=O) groups is 2. The number of rotatable bonds is 4. The van der Waals surface area contributed by atoms with Gasteiger partial charge in [0.1, 0.15) is 0 Å². The zero-order valence-corrected chi connectivity index (χ0v) is 12.9. The van der Waals surface area contributed by atoms with Crippen LogP contribution in [-0.2, 0) is 14.3 Å². The minimum Gasteiger partial charge on any atom is -0.505 e. The lowest BCUT2D eigenvalue weighted by atomic mass is 9.88. The summed E-state index contributed by atoms with van der Waals surface area (Å²) in [5.74, 6) is -1.32. The molecule has 0 amide bonds. The predicted octanol–water partition coefficient (Wildman–Crippen LogP) is 2.41. The van der Waals surface area contributed by atoms with Gasteiger partial charge in [-0.25, -0.2) is 9.18 Å². The number of ketones is 1. The lowest BCUT2D eigenvalue weighted by molar-refractivity contribution is -0.140. The average Bonchev–Trinajstić information content (AvgIpc) is 2.41. The summed E-state index contributed by atoms with van der Waals surface area (Å²) in [7, 11) is 0. The Morgan fingerprint density at radius 2 is 2.23 bits per heavy atom. The molecule has 0 spiro atoms. The van der Waals surface area contributed by atoms with E-state index in [1.165, 1.54) is 0 Å². The van der Waals surface area contributed by atoms with Crippen molar-refractivity contribution in [2.24, 2.45) is 5.92 Å². The number of carbonyl (C=O) groups excluding carboxylic acids is 2. The van der Waals surface area contributed by atoms with E-state index in [1.807, 2.05) is 13.8 Å². The van der Waals surface area contributed by atoms with Gasteiger partial charge in [-0.3, -0.25) is 4.79 Å². The zero-order valence-electron chi connectivity index (χ0n) is 12.9. The molecular formula is C16H20FNO4. The number of allylic oxidation sites excluding steroid dienone is 2. The van der Waals surface area contributed by atoms with E-state index in [0.717, 1.165) is 6.08 Å². The van der Waals surface area contributed by atoms with E-state index in [-0.39, 0.29) is 36.0 Å². The Morgan fingerprint density at radius 1 is 1.55 bits per heavy atom. The summed E-state index contributed by atoms with van der Waals surface area (Å²) in [6.07, 6.45) is 0.830. The molecule has 0 fully saturated rings. The number of fused-ring (bicyclic) bond motifs is 1. The third-order valence-corrected chi connectivity index (χ3v) is 3.44. The van der Waals surface area contributed by atoms with E-state index in [4.69, 9.17) is 4.74 Å². The van der Waals surface area contributed by atoms with Crippen molar-refractivity contribution in [1.29, 1.82) is 0 Å². The highest BCUT2D eigenvalue weighted by atomic mass is 19.1. The van der Waals surface area contributed by atoms with Crippen molar-refractivity contribution in [1.82, 2.24) is 4.90 Å². The standard InChI is InChI=1S/C16H20FNO4/c1-4-22-16(21)14-15(20)11-6-12(17)13(19)5-10(11)8-18(14)7-9(2)3/h6,8-9,12,20H,4-5,7H2,1-3H3. The minimum absolute atomic E-state index is 0.00732. The molecule has 6 heteroatoms. The fourth-order valence-corrected chi connectivity index (χ4v) is 2.54. The summed E-state index contributed by atoms with van der Waals surface area (Å²) in [6.45, 7) is 6.25. The molecule has 0 aromatic carbocycles. The smallest absolute Gasteiger partial charge is 0.358 e. The lowest BCUT2D eigenvalue weighted by Gasteiger charge is -2.32. The van der Waals surface area contributed by atoms with Gasteiger partial charge in [0.15, 0.2) is 23.4 Å². The van der Waals surface area contributed by atoms with Gasteiger partial charge in [-0.05, 0) is 24.5 Å². The Balaban J connectivity index is 2.48. The van der Waals surface area contributed by atoms with E-state index < -0.39 is 17.9 Å². The molecule has 0 aromatic heterocycles. The molecule has 0 saturated carbocycles. The van der Waals surface area contributed by atoms with Crippen molar-refractivity contribution in [3.05, 3.63) is 34.9 Å². The van der Waals surface area contributed by atoms with Crippen LogP contribution in [0.5, 0.6) is 0 Å². The molecule has 1 aliphatic carbocycles. The molecule has 1 unspecified atom stereocenters. The second kappa shape index (κ2) is 6.34. The zero-order chi connectivity index (χ0) is 16.4. The molecule has 0 aromatic rings. The number of ether oxygens (including phenoxy) is 1. The molecule has 2 rings (SSSR count). The highest BCUT2D eigenvalue weighted by Crippen LogP contribution is 2.35. The normalized spacial score (nSPS) is 21.6. The number of hydrogen-bond acceptors (Lipinski definition) is 5. The monoisotopic (exact) mass is 309 g/mol. The maximum absolute atomic E-state index is 13.6. The molecular weight excluding hydrogens is 289 g/mol. The Bertz CT molecular complexity index is 589. The van der Waals surface area contributed by atoms with Gasteiger partial charge in [-0.2, -0.15) is 0 Å². The molecule has 1 atom stereocenters. The fourth-order valence-electron chi connectivity index (χ4n) is 2.54. The number of halogens is 1. The number of aliphatic hydroxyl groups excluding tert-OH is 1. The molecule has 0 radical (unpaired) electrons. The molecule has 120 valence electrons. The Labute approximate surface area is 128 Å². The Hall–Kier alpha value is -2.11. The second-order valence-corrected chi connectivity index (χ2v) is 5.74. The minimum atomic E-state index is -1.76. The summed E-state index contributed by atoms with van der Waals surface area (Å²) >= 11 is 0. The average molecular weight is 309 g/mol. The number of Topliss-reactive ketones (excluding diaryl/α,β-unsaturated/α-hetero) is 1. The number of hydrogen-bond donors (Lipinski definition) is 1. The van der Waals surface area contributed by atoms with Gasteiger partial charge in [0.25, 0.3) is 0 Å². The van der Waals surface area contributed by atoms with Gasteiger partial charge in [0.2, 0.25) is 0 Å². The number of esters is 1. The van der Waals surface area contributed by atoms with E-state index >= 15 is 0 Å². The van der Waals surface area contributed by atoms with Crippen LogP contribution in [0.4, 0.5) is 4.39 Å². The largest absolute Gasteiger partial charge is 0.505 e. The number of alkyl halides is 1. The van der Waals surface area contributed by atoms with Crippen molar-refractivity contribution in [2.45, 2.75) is 33.4 Å². The van der Waals surface area contributed by atoms with Crippen LogP contribution in [0.3, 0.4) is 0 Å². The van der Waals surface area contributed by atoms with Crippen LogP contribution < -0.4 is 0 Å². The van der Waals surface area contributed by atoms with Crippen molar-refractivity contribution >= 4 is 11.8 Å². The van der Waals surface area contributed by atoms with Gasteiger partial charge in [0, 0.05) is 24.7 Å². The maximum atomic E-state index is 13.6. The summed E-state index contributed by atoms with van der Waals surface area (Å²) < 4.78 is 18.6. The molecule has 22 heavy (non-hydrogen) atoms. The first-order chi connectivity index (χ1) is 10.3. The predicted molar refractivity (Wildman–Crippen MR) is 78.5 cm³/mol. The fraction of sp³-hybridized carbons (Fsp3) is 0.500. The summed E-state index contributed by atoms with van der Waals surface area (Å²) in [4.78, 5) is 25.2. The first-order valence-electron chi connectivity index (χ1n) is 7.32. The number of nitrogens with zero attached hydrogens (tertiary/aromatic N) is 1. The van der Waals surface area contributed by atoms with Crippen LogP contribution in [0.25, 0.3) is 0 Å². The molecule has 1 N–H and O–H groups in total. The molecule has 1 aliphatic heterocycles. The van der Waals surface area contributed by atoms with Gasteiger partial charge in [-0.15, -0.1) is 0 Å². The van der Waals surface area contributed by atoms with Crippen LogP contribution >= 0.6 is 0 Å². The molecule has 2 aliphatic rings. The van der Waals surface area contributed by atoms with Crippen molar-refractivity contribution in [3.63, 3.8) is 0 Å². The van der Waals surface area contributed by atoms with Crippen molar-refractivity contribution in [3.8, 4) is 0 Å². The molecule has 1 heterocycles.